The van der Waals surface area contributed by atoms with E-state index < -0.39 is 11.7 Å². The van der Waals surface area contributed by atoms with Crippen LogP contribution in [0.2, 0.25) is 0 Å². The number of nitriles is 1. The zero-order chi connectivity index (χ0) is 13.1. The molecule has 5 nitrogen and oxygen atoms in total. The van der Waals surface area contributed by atoms with Crippen LogP contribution in [-0.2, 0) is 4.74 Å². The molecule has 0 saturated carbocycles. The summed E-state index contributed by atoms with van der Waals surface area (Å²) in [7, 11) is 1.55. The Morgan fingerprint density at radius 2 is 2.18 bits per heavy atom. The first-order valence-electron chi connectivity index (χ1n) is 5.17. The summed E-state index contributed by atoms with van der Waals surface area (Å²) in [5, 5.41) is 8.89. The van der Waals surface area contributed by atoms with Gasteiger partial charge >= 0.3 is 6.09 Å². The van der Waals surface area contributed by atoms with E-state index in [0.29, 0.717) is 5.69 Å². The highest BCUT2D eigenvalue weighted by Crippen LogP contribution is 2.18. The molecule has 5 heteroatoms. The molecule has 1 heterocycles. The molecule has 0 aromatic carbocycles. The molecule has 0 bridgehead atoms. The van der Waals surface area contributed by atoms with E-state index >= 15 is 0 Å². The lowest BCUT2D eigenvalue weighted by Crippen LogP contribution is -2.34. The van der Waals surface area contributed by atoms with Crippen molar-refractivity contribution in [2.45, 2.75) is 26.4 Å². The lowest BCUT2D eigenvalue weighted by Gasteiger charge is -2.24. The van der Waals surface area contributed by atoms with E-state index in [9.17, 15) is 4.79 Å². The largest absolute Gasteiger partial charge is 0.443 e. The molecule has 0 spiro atoms. The number of anilines is 1. The van der Waals surface area contributed by atoms with Gasteiger partial charge < -0.3 is 4.74 Å². The van der Waals surface area contributed by atoms with E-state index in [1.807, 2.05) is 6.07 Å². The number of carbonyl (C=O) groups is 1. The number of amides is 1. The maximum Gasteiger partial charge on any atom is 0.414 e. The van der Waals surface area contributed by atoms with E-state index in [1.54, 1.807) is 40.0 Å². The van der Waals surface area contributed by atoms with E-state index in [4.69, 9.17) is 10.00 Å². The van der Waals surface area contributed by atoms with Crippen molar-refractivity contribution in [3.05, 3.63) is 24.0 Å². The maximum absolute atomic E-state index is 11.8. The summed E-state index contributed by atoms with van der Waals surface area (Å²) in [6.07, 6.45) is 0.993. The van der Waals surface area contributed by atoms with Crippen molar-refractivity contribution in [1.82, 2.24) is 4.98 Å². The van der Waals surface area contributed by atoms with Gasteiger partial charge in [0.15, 0.2) is 5.69 Å². The Balaban J connectivity index is 2.94. The standard InChI is InChI=1S/C12H15N3O2/c1-12(2,3)17-11(16)15(4)10-6-5-7-14-9(10)8-13/h5-7H,1-4H3. The van der Waals surface area contributed by atoms with Crippen molar-refractivity contribution in [3.63, 3.8) is 0 Å². The van der Waals surface area contributed by atoms with Gasteiger partial charge in [0.25, 0.3) is 0 Å². The van der Waals surface area contributed by atoms with Gasteiger partial charge in [-0.05, 0) is 32.9 Å². The second kappa shape index (κ2) is 4.83. The van der Waals surface area contributed by atoms with Crippen molar-refractivity contribution in [1.29, 1.82) is 5.26 Å². The molecule has 1 amide bonds. The van der Waals surface area contributed by atoms with E-state index in [-0.39, 0.29) is 5.69 Å². The molecule has 1 rings (SSSR count). The molecule has 0 N–H and O–H groups in total. The zero-order valence-electron chi connectivity index (χ0n) is 10.4. The third kappa shape index (κ3) is 3.45. The van der Waals surface area contributed by atoms with Crippen LogP contribution in [0.15, 0.2) is 18.3 Å². The maximum atomic E-state index is 11.8. The van der Waals surface area contributed by atoms with E-state index in [1.165, 1.54) is 11.1 Å². The molecular weight excluding hydrogens is 218 g/mol. The van der Waals surface area contributed by atoms with Gasteiger partial charge in [-0.15, -0.1) is 0 Å². The lowest BCUT2D eigenvalue weighted by atomic mass is 10.2. The first kappa shape index (κ1) is 13.0. The Labute approximate surface area is 101 Å². The van der Waals surface area contributed by atoms with Gasteiger partial charge in [-0.25, -0.2) is 9.78 Å². The molecule has 0 aliphatic carbocycles. The normalized spacial score (nSPS) is 10.5. The average Bonchev–Trinajstić information content (AvgIpc) is 2.25. The summed E-state index contributed by atoms with van der Waals surface area (Å²) in [6.45, 7) is 5.35. The molecule has 90 valence electrons. The SMILES string of the molecule is CN(C(=O)OC(C)(C)C)c1cccnc1C#N. The monoisotopic (exact) mass is 233 g/mol. The number of ether oxygens (including phenoxy) is 1. The molecule has 0 radical (unpaired) electrons. The van der Waals surface area contributed by atoms with Crippen molar-refractivity contribution >= 4 is 11.8 Å². The lowest BCUT2D eigenvalue weighted by molar-refractivity contribution is 0.0589. The number of nitrogens with zero attached hydrogens (tertiary/aromatic N) is 3. The summed E-state index contributed by atoms with van der Waals surface area (Å²) >= 11 is 0. The predicted molar refractivity (Wildman–Crippen MR) is 63.6 cm³/mol. The highest BCUT2D eigenvalue weighted by Gasteiger charge is 2.22. The number of hydrogen-bond donors (Lipinski definition) is 0. The smallest absolute Gasteiger partial charge is 0.414 e. The highest BCUT2D eigenvalue weighted by atomic mass is 16.6. The van der Waals surface area contributed by atoms with Gasteiger partial charge in [0.2, 0.25) is 0 Å². The van der Waals surface area contributed by atoms with Crippen molar-refractivity contribution < 1.29 is 9.53 Å². The van der Waals surface area contributed by atoms with Crippen molar-refractivity contribution in [2.24, 2.45) is 0 Å². The Morgan fingerprint density at radius 1 is 1.53 bits per heavy atom. The van der Waals surface area contributed by atoms with Crippen LogP contribution in [0.25, 0.3) is 0 Å². The fourth-order valence-electron chi connectivity index (χ4n) is 1.18. The quantitative estimate of drug-likeness (QED) is 0.746. The molecule has 0 unspecified atom stereocenters. The van der Waals surface area contributed by atoms with Crippen LogP contribution >= 0.6 is 0 Å². The van der Waals surface area contributed by atoms with E-state index in [2.05, 4.69) is 4.98 Å². The van der Waals surface area contributed by atoms with Gasteiger partial charge in [0, 0.05) is 13.2 Å². The molecule has 17 heavy (non-hydrogen) atoms. The number of hydrogen-bond acceptors (Lipinski definition) is 4. The second-order valence-corrected chi connectivity index (χ2v) is 4.52. The third-order valence-corrected chi connectivity index (χ3v) is 1.92. The number of carbonyl (C=O) groups excluding carboxylic acids is 1. The minimum Gasteiger partial charge on any atom is -0.443 e. The fraction of sp³-hybridized carbons (Fsp3) is 0.417. The second-order valence-electron chi connectivity index (χ2n) is 4.52. The third-order valence-electron chi connectivity index (χ3n) is 1.92. The molecular formula is C12H15N3O2. The summed E-state index contributed by atoms with van der Waals surface area (Å²) < 4.78 is 5.20. The zero-order valence-corrected chi connectivity index (χ0v) is 10.4. The number of pyridine rings is 1. The Hall–Kier alpha value is -2.09. The average molecular weight is 233 g/mol. The van der Waals surface area contributed by atoms with Gasteiger partial charge in [0.1, 0.15) is 11.7 Å². The Bertz CT molecular complexity index is 458. The topological polar surface area (TPSA) is 66.2 Å². The fourth-order valence-corrected chi connectivity index (χ4v) is 1.18. The molecule has 1 aromatic rings. The Morgan fingerprint density at radius 3 is 2.71 bits per heavy atom. The summed E-state index contributed by atoms with van der Waals surface area (Å²) in [6, 6.07) is 5.25. The molecule has 0 aliphatic heterocycles. The van der Waals surface area contributed by atoms with Crippen molar-refractivity contribution in [3.8, 4) is 6.07 Å². The number of aromatic nitrogens is 1. The van der Waals surface area contributed by atoms with Crippen LogP contribution in [0, 0.1) is 11.3 Å². The van der Waals surface area contributed by atoms with Crippen LogP contribution < -0.4 is 4.90 Å². The first-order chi connectivity index (χ1) is 7.85. The van der Waals surface area contributed by atoms with Gasteiger partial charge in [-0.3, -0.25) is 4.90 Å². The predicted octanol–water partition coefficient (Wildman–Crippen LogP) is 2.32. The molecule has 1 aromatic heterocycles. The highest BCUT2D eigenvalue weighted by molar-refractivity contribution is 5.88. The van der Waals surface area contributed by atoms with Gasteiger partial charge in [-0.1, -0.05) is 0 Å². The van der Waals surface area contributed by atoms with Crippen LogP contribution in [0.3, 0.4) is 0 Å². The van der Waals surface area contributed by atoms with Crippen LogP contribution in [0.4, 0.5) is 10.5 Å². The molecule has 0 atom stereocenters. The summed E-state index contributed by atoms with van der Waals surface area (Å²) in [5.41, 5.74) is 0.0606. The minimum absolute atomic E-state index is 0.195. The van der Waals surface area contributed by atoms with E-state index in [0.717, 1.165) is 0 Å². The van der Waals surface area contributed by atoms with Gasteiger partial charge in [0.05, 0.1) is 5.69 Å². The van der Waals surface area contributed by atoms with Crippen LogP contribution in [0.1, 0.15) is 26.5 Å². The minimum atomic E-state index is -0.569. The summed E-state index contributed by atoms with van der Waals surface area (Å²) in [5.74, 6) is 0. The molecule has 0 aliphatic rings. The summed E-state index contributed by atoms with van der Waals surface area (Å²) in [4.78, 5) is 17.0. The molecule has 0 fully saturated rings. The number of rotatable bonds is 1. The molecule has 0 saturated heterocycles. The first-order valence-corrected chi connectivity index (χ1v) is 5.17. The Kier molecular flexibility index (Phi) is 3.69. The van der Waals surface area contributed by atoms with Crippen LogP contribution in [-0.4, -0.2) is 23.7 Å². The van der Waals surface area contributed by atoms with Crippen molar-refractivity contribution in [2.75, 3.05) is 11.9 Å². The van der Waals surface area contributed by atoms with Gasteiger partial charge in [-0.2, -0.15) is 5.26 Å². The van der Waals surface area contributed by atoms with Crippen LogP contribution in [0.5, 0.6) is 0 Å².